The van der Waals surface area contributed by atoms with Crippen LogP contribution >= 0.6 is 11.8 Å². The third-order valence-electron chi connectivity index (χ3n) is 3.43. The van der Waals surface area contributed by atoms with Crippen molar-refractivity contribution in [2.24, 2.45) is 0 Å². The van der Waals surface area contributed by atoms with Gasteiger partial charge in [0.05, 0.1) is 11.4 Å². The summed E-state index contributed by atoms with van der Waals surface area (Å²) in [5, 5.41) is 0. The topological polar surface area (TPSA) is 3.24 Å². The Kier molecular flexibility index (Phi) is 3.34. The Morgan fingerprint density at radius 1 is 0.947 bits per heavy atom. The number of thioether (sulfide) groups is 1. The van der Waals surface area contributed by atoms with E-state index in [4.69, 9.17) is 0 Å². The van der Waals surface area contributed by atoms with Gasteiger partial charge in [-0.2, -0.15) is 0 Å². The largest absolute Gasteiger partial charge is 0.343 e. The van der Waals surface area contributed by atoms with Crippen LogP contribution in [0.25, 0.3) is 5.70 Å². The Hall–Kier alpha value is -1.67. The first-order chi connectivity index (χ1) is 9.31. The number of fused-ring (bicyclic) bond motifs is 1. The molecule has 3 rings (SSSR count). The smallest absolute Gasteiger partial charge is 0.0582 e. The summed E-state index contributed by atoms with van der Waals surface area (Å²) in [5.41, 5.74) is 3.93. The molecule has 0 saturated carbocycles. The number of para-hydroxylation sites is 1. The number of hydrogen-bond donors (Lipinski definition) is 0. The van der Waals surface area contributed by atoms with Gasteiger partial charge < -0.3 is 4.90 Å². The molecule has 19 heavy (non-hydrogen) atoms. The van der Waals surface area contributed by atoms with Gasteiger partial charge in [0.25, 0.3) is 0 Å². The first-order valence-electron chi connectivity index (χ1n) is 6.60. The van der Waals surface area contributed by atoms with Crippen molar-refractivity contribution in [1.29, 1.82) is 0 Å². The van der Waals surface area contributed by atoms with E-state index >= 15 is 0 Å². The quantitative estimate of drug-likeness (QED) is 0.752. The molecule has 0 atom stereocenters. The van der Waals surface area contributed by atoms with Crippen molar-refractivity contribution < 1.29 is 0 Å². The summed E-state index contributed by atoms with van der Waals surface area (Å²) in [6.45, 7) is 2.23. The lowest BCUT2D eigenvalue weighted by molar-refractivity contribution is 1.11. The summed E-state index contributed by atoms with van der Waals surface area (Å²) in [6, 6.07) is 19.3. The minimum absolute atomic E-state index is 1.06. The molecule has 2 aromatic carbocycles. The van der Waals surface area contributed by atoms with Crippen molar-refractivity contribution in [3.63, 3.8) is 0 Å². The zero-order valence-corrected chi connectivity index (χ0v) is 12.1. The van der Waals surface area contributed by atoms with Crippen LogP contribution < -0.4 is 4.90 Å². The fraction of sp³-hybridized carbons (Fsp3) is 0.176. The number of rotatable bonds is 2. The maximum Gasteiger partial charge on any atom is 0.0582 e. The average Bonchev–Trinajstić information content (AvgIpc) is 2.48. The van der Waals surface area contributed by atoms with Crippen LogP contribution in [0.15, 0.2) is 64.4 Å². The van der Waals surface area contributed by atoms with E-state index in [0.29, 0.717) is 0 Å². The lowest BCUT2D eigenvalue weighted by Crippen LogP contribution is -2.20. The maximum absolute atomic E-state index is 2.32. The second kappa shape index (κ2) is 5.14. The van der Waals surface area contributed by atoms with Crippen LogP contribution in [0.2, 0.25) is 0 Å². The fourth-order valence-corrected chi connectivity index (χ4v) is 3.72. The molecule has 0 spiro atoms. The Morgan fingerprint density at radius 3 is 2.37 bits per heavy atom. The van der Waals surface area contributed by atoms with Crippen molar-refractivity contribution in [1.82, 2.24) is 0 Å². The van der Waals surface area contributed by atoms with E-state index in [1.807, 2.05) is 11.8 Å². The Balaban J connectivity index is 2.14. The molecule has 0 saturated heterocycles. The monoisotopic (exact) mass is 267 g/mol. The molecule has 0 radical (unpaired) electrons. The van der Waals surface area contributed by atoms with Gasteiger partial charge in [0.15, 0.2) is 0 Å². The van der Waals surface area contributed by atoms with Crippen LogP contribution in [0.1, 0.15) is 18.9 Å². The van der Waals surface area contributed by atoms with Crippen LogP contribution in [0.5, 0.6) is 0 Å². The first kappa shape index (κ1) is 12.4. The lowest BCUT2D eigenvalue weighted by atomic mass is 10.1. The molecular weight excluding hydrogens is 250 g/mol. The minimum atomic E-state index is 1.06. The van der Waals surface area contributed by atoms with Crippen LogP contribution in [0, 0.1) is 0 Å². The molecule has 0 aliphatic carbocycles. The summed E-state index contributed by atoms with van der Waals surface area (Å²) in [6.07, 6.45) is 1.06. The molecule has 0 amide bonds. The highest BCUT2D eigenvalue weighted by atomic mass is 32.2. The van der Waals surface area contributed by atoms with E-state index in [1.165, 1.54) is 26.7 Å². The van der Waals surface area contributed by atoms with Gasteiger partial charge in [0.2, 0.25) is 0 Å². The van der Waals surface area contributed by atoms with Gasteiger partial charge in [-0.25, -0.2) is 0 Å². The van der Waals surface area contributed by atoms with Crippen LogP contribution in [0.4, 0.5) is 5.69 Å². The summed E-state index contributed by atoms with van der Waals surface area (Å²) in [5.74, 6) is 0. The molecule has 0 bridgehead atoms. The predicted octanol–water partition coefficient (Wildman–Crippen LogP) is 5.01. The highest BCUT2D eigenvalue weighted by molar-refractivity contribution is 8.03. The van der Waals surface area contributed by atoms with Crippen molar-refractivity contribution >= 4 is 23.1 Å². The number of hydrogen-bond acceptors (Lipinski definition) is 2. The third kappa shape index (κ3) is 2.17. The number of anilines is 1. The molecule has 0 N–H and O–H groups in total. The van der Waals surface area contributed by atoms with Gasteiger partial charge in [0.1, 0.15) is 0 Å². The molecule has 2 heteroatoms. The standard InChI is InChI=1S/C17H17NS/c1-3-15-17(13-9-5-4-6-10-13)18(2)14-11-7-8-12-16(14)19-15/h4-12H,3H2,1-2H3. The van der Waals surface area contributed by atoms with Crippen LogP contribution in [0.3, 0.4) is 0 Å². The maximum atomic E-state index is 2.32. The molecular formula is C17H17NS. The zero-order chi connectivity index (χ0) is 13.2. The lowest BCUT2D eigenvalue weighted by Gasteiger charge is -2.32. The van der Waals surface area contributed by atoms with Gasteiger partial charge in [-0.3, -0.25) is 0 Å². The van der Waals surface area contributed by atoms with Gasteiger partial charge in [-0.05, 0) is 24.1 Å². The van der Waals surface area contributed by atoms with Gasteiger partial charge in [-0.15, -0.1) is 0 Å². The summed E-state index contributed by atoms with van der Waals surface area (Å²) in [4.78, 5) is 5.11. The van der Waals surface area contributed by atoms with Crippen molar-refractivity contribution in [2.45, 2.75) is 18.2 Å². The Labute approximate surface area is 119 Å². The van der Waals surface area contributed by atoms with Gasteiger partial charge >= 0.3 is 0 Å². The minimum Gasteiger partial charge on any atom is -0.343 e. The normalized spacial score (nSPS) is 14.5. The highest BCUT2D eigenvalue weighted by Crippen LogP contribution is 2.46. The molecule has 1 heterocycles. The van der Waals surface area contributed by atoms with E-state index in [-0.39, 0.29) is 0 Å². The molecule has 1 aliphatic heterocycles. The van der Waals surface area contributed by atoms with E-state index < -0.39 is 0 Å². The van der Waals surface area contributed by atoms with Crippen molar-refractivity contribution in [2.75, 3.05) is 11.9 Å². The summed E-state index contributed by atoms with van der Waals surface area (Å²) in [7, 11) is 2.16. The van der Waals surface area contributed by atoms with E-state index in [2.05, 4.69) is 73.5 Å². The Morgan fingerprint density at radius 2 is 1.63 bits per heavy atom. The average molecular weight is 267 g/mol. The van der Waals surface area contributed by atoms with Crippen LogP contribution in [-0.2, 0) is 0 Å². The second-order valence-electron chi connectivity index (χ2n) is 4.62. The van der Waals surface area contributed by atoms with Crippen LogP contribution in [-0.4, -0.2) is 7.05 Å². The third-order valence-corrected chi connectivity index (χ3v) is 4.72. The molecule has 1 nitrogen and oxygen atoms in total. The van der Waals surface area contributed by atoms with E-state index in [9.17, 15) is 0 Å². The molecule has 1 aliphatic rings. The predicted molar refractivity (Wildman–Crippen MR) is 84.4 cm³/mol. The highest BCUT2D eigenvalue weighted by Gasteiger charge is 2.22. The molecule has 0 fully saturated rings. The molecule has 0 aromatic heterocycles. The van der Waals surface area contributed by atoms with Crippen molar-refractivity contribution in [3.8, 4) is 0 Å². The fourth-order valence-electron chi connectivity index (χ4n) is 2.50. The summed E-state index contributed by atoms with van der Waals surface area (Å²) < 4.78 is 0. The van der Waals surface area contributed by atoms with Gasteiger partial charge in [-0.1, -0.05) is 61.2 Å². The Bertz CT molecular complexity index is 616. The van der Waals surface area contributed by atoms with E-state index in [1.54, 1.807) is 0 Å². The second-order valence-corrected chi connectivity index (χ2v) is 5.76. The first-order valence-corrected chi connectivity index (χ1v) is 7.42. The molecule has 96 valence electrons. The molecule has 2 aromatic rings. The van der Waals surface area contributed by atoms with Crippen molar-refractivity contribution in [3.05, 3.63) is 65.1 Å². The number of allylic oxidation sites excluding steroid dienone is 1. The van der Waals surface area contributed by atoms with E-state index in [0.717, 1.165) is 6.42 Å². The van der Waals surface area contributed by atoms with Gasteiger partial charge in [0, 0.05) is 16.8 Å². The SMILES string of the molecule is CCC1=C(c2ccccc2)N(C)c2ccccc2S1. The molecule has 0 unspecified atom stereocenters. The zero-order valence-electron chi connectivity index (χ0n) is 11.3. The number of nitrogens with zero attached hydrogens (tertiary/aromatic N) is 1. The number of benzene rings is 2. The summed E-state index contributed by atoms with van der Waals surface area (Å²) >= 11 is 1.90.